The first-order valence-electron chi connectivity index (χ1n) is 8.36. The molecule has 0 unspecified atom stereocenters. The van der Waals surface area contributed by atoms with E-state index in [-0.39, 0.29) is 5.60 Å². The zero-order valence-corrected chi connectivity index (χ0v) is 13.6. The van der Waals surface area contributed by atoms with E-state index in [1.165, 1.54) is 11.3 Å². The van der Waals surface area contributed by atoms with E-state index in [1.54, 1.807) is 0 Å². The van der Waals surface area contributed by atoms with Gasteiger partial charge in [-0.25, -0.2) is 0 Å². The van der Waals surface area contributed by atoms with E-state index >= 15 is 0 Å². The molecule has 4 rings (SSSR count). The summed E-state index contributed by atoms with van der Waals surface area (Å²) in [6.45, 7) is 3.90. The average molecular weight is 312 g/mol. The third-order valence-corrected chi connectivity index (χ3v) is 4.91. The van der Waals surface area contributed by atoms with Crippen molar-refractivity contribution in [1.82, 2.24) is 14.7 Å². The first-order chi connectivity index (χ1) is 11.2. The van der Waals surface area contributed by atoms with Crippen LogP contribution >= 0.6 is 0 Å². The van der Waals surface area contributed by atoms with Crippen molar-refractivity contribution < 1.29 is 4.74 Å². The highest BCUT2D eigenvalue weighted by atomic mass is 16.5. The lowest BCUT2D eigenvalue weighted by Crippen LogP contribution is -2.33. The zero-order chi connectivity index (χ0) is 15.7. The van der Waals surface area contributed by atoms with Crippen molar-refractivity contribution >= 4 is 5.69 Å². The average Bonchev–Trinajstić information content (AvgIpc) is 3.24. The van der Waals surface area contributed by atoms with Gasteiger partial charge in [0.05, 0.1) is 24.4 Å². The van der Waals surface area contributed by atoms with Crippen molar-refractivity contribution in [1.29, 1.82) is 0 Å². The molecule has 1 N–H and O–H groups in total. The summed E-state index contributed by atoms with van der Waals surface area (Å²) in [5.41, 5.74) is 2.50. The van der Waals surface area contributed by atoms with Gasteiger partial charge in [0.15, 0.2) is 0 Å². The highest BCUT2D eigenvalue weighted by Crippen LogP contribution is 2.36. The molecule has 0 amide bonds. The molecule has 2 atom stereocenters. The maximum absolute atomic E-state index is 6.23. The molecule has 122 valence electrons. The number of nitrogens with one attached hydrogen (secondary N) is 1. The van der Waals surface area contributed by atoms with Crippen LogP contribution < -0.4 is 5.32 Å². The Labute approximate surface area is 137 Å². The quantitative estimate of drug-likeness (QED) is 0.940. The molecule has 2 saturated heterocycles. The van der Waals surface area contributed by atoms with Gasteiger partial charge < -0.3 is 10.1 Å². The fourth-order valence-electron chi connectivity index (χ4n) is 3.87. The summed E-state index contributed by atoms with van der Waals surface area (Å²) in [6, 6.07) is 10.8. The van der Waals surface area contributed by atoms with Crippen molar-refractivity contribution in [3.05, 3.63) is 48.3 Å². The van der Waals surface area contributed by atoms with Crippen LogP contribution in [0.5, 0.6) is 0 Å². The van der Waals surface area contributed by atoms with Crippen LogP contribution in [0.25, 0.3) is 0 Å². The molecule has 0 saturated carbocycles. The van der Waals surface area contributed by atoms with Gasteiger partial charge in [0.25, 0.3) is 0 Å². The predicted octanol–water partition coefficient (Wildman–Crippen LogP) is 2.27. The number of hydrogen-bond donors (Lipinski definition) is 1. The Morgan fingerprint density at radius 3 is 3.00 bits per heavy atom. The van der Waals surface area contributed by atoms with Crippen LogP contribution in [0.2, 0.25) is 0 Å². The number of aryl methyl sites for hydroxylation is 1. The summed E-state index contributed by atoms with van der Waals surface area (Å²) < 4.78 is 8.10. The normalized spacial score (nSPS) is 27.8. The summed E-state index contributed by atoms with van der Waals surface area (Å²) >= 11 is 0. The van der Waals surface area contributed by atoms with Crippen molar-refractivity contribution in [2.75, 3.05) is 25.0 Å². The van der Waals surface area contributed by atoms with Crippen molar-refractivity contribution in [2.45, 2.75) is 31.0 Å². The molecule has 2 aliphatic heterocycles. The summed E-state index contributed by atoms with van der Waals surface area (Å²) in [6.07, 6.45) is 6.27. The van der Waals surface area contributed by atoms with Crippen molar-refractivity contribution in [2.24, 2.45) is 7.05 Å². The molecule has 1 aromatic carbocycles. The number of benzene rings is 1. The minimum atomic E-state index is 0.0364. The molecule has 2 fully saturated rings. The minimum Gasteiger partial charge on any atom is -0.380 e. The number of rotatable bonds is 4. The Hall–Kier alpha value is -1.85. The molecule has 1 spiro atoms. The smallest absolute Gasteiger partial charge is 0.0842 e. The van der Waals surface area contributed by atoms with E-state index in [0.717, 1.165) is 39.1 Å². The maximum Gasteiger partial charge on any atom is 0.0842 e. The number of nitrogens with zero attached hydrogens (tertiary/aromatic N) is 3. The van der Waals surface area contributed by atoms with Crippen LogP contribution in [-0.2, 0) is 18.3 Å². The third-order valence-electron chi connectivity index (χ3n) is 4.91. The molecule has 5 nitrogen and oxygen atoms in total. The monoisotopic (exact) mass is 312 g/mol. The second-order valence-electron chi connectivity index (χ2n) is 6.89. The first-order valence-corrected chi connectivity index (χ1v) is 8.36. The van der Waals surface area contributed by atoms with Gasteiger partial charge in [-0.3, -0.25) is 9.58 Å². The lowest BCUT2D eigenvalue weighted by Gasteiger charge is -2.23. The molecule has 0 radical (unpaired) electrons. The van der Waals surface area contributed by atoms with Crippen LogP contribution in [0.3, 0.4) is 0 Å². The Kier molecular flexibility index (Phi) is 3.83. The van der Waals surface area contributed by atoms with Gasteiger partial charge >= 0.3 is 0 Å². The number of hydrogen-bond acceptors (Lipinski definition) is 4. The van der Waals surface area contributed by atoms with Crippen LogP contribution in [0.1, 0.15) is 18.4 Å². The Morgan fingerprint density at radius 1 is 1.35 bits per heavy atom. The summed E-state index contributed by atoms with van der Waals surface area (Å²) in [4.78, 5) is 2.49. The van der Waals surface area contributed by atoms with E-state index in [0.29, 0.717) is 6.04 Å². The number of para-hydroxylation sites is 1. The van der Waals surface area contributed by atoms with E-state index in [4.69, 9.17) is 4.74 Å². The molecular formula is C18H24N4O. The predicted molar refractivity (Wildman–Crippen MR) is 90.3 cm³/mol. The van der Waals surface area contributed by atoms with Gasteiger partial charge in [-0.2, -0.15) is 5.10 Å². The molecule has 23 heavy (non-hydrogen) atoms. The van der Waals surface area contributed by atoms with Crippen molar-refractivity contribution in [3.8, 4) is 0 Å². The molecule has 2 aromatic rings. The minimum absolute atomic E-state index is 0.0364. The Balaban J connectivity index is 1.34. The molecular weight excluding hydrogens is 288 g/mol. The highest BCUT2D eigenvalue weighted by Gasteiger charge is 2.45. The number of aromatic nitrogens is 2. The topological polar surface area (TPSA) is 42.3 Å². The summed E-state index contributed by atoms with van der Waals surface area (Å²) in [5.74, 6) is 0. The van der Waals surface area contributed by atoms with Gasteiger partial charge in [-0.15, -0.1) is 0 Å². The molecule has 1 aromatic heterocycles. The highest BCUT2D eigenvalue weighted by molar-refractivity contribution is 5.43. The Bertz CT molecular complexity index is 656. The van der Waals surface area contributed by atoms with Gasteiger partial charge in [-0.1, -0.05) is 18.2 Å². The number of likely N-dealkylation sites (tertiary alicyclic amines) is 1. The first kappa shape index (κ1) is 14.7. The standard InChI is InChI=1S/C18H24N4O/c1-21-11-15(10-19-21)12-22-8-7-18(14-22)9-17(13-23-18)20-16-5-3-2-4-6-16/h2-6,10-11,17,20H,7-9,12-14H2,1H3/t17-,18-/m1/s1. The third kappa shape index (κ3) is 3.26. The molecule has 0 bridgehead atoms. The van der Waals surface area contributed by atoms with Crippen LogP contribution in [-0.4, -0.2) is 46.0 Å². The van der Waals surface area contributed by atoms with Crippen LogP contribution in [0.4, 0.5) is 5.69 Å². The maximum atomic E-state index is 6.23. The fourth-order valence-corrected chi connectivity index (χ4v) is 3.87. The second-order valence-corrected chi connectivity index (χ2v) is 6.89. The van der Waals surface area contributed by atoms with Crippen LogP contribution in [0, 0.1) is 0 Å². The van der Waals surface area contributed by atoms with Gasteiger partial charge in [-0.05, 0) is 18.6 Å². The van der Waals surface area contributed by atoms with Gasteiger partial charge in [0, 0.05) is 50.6 Å². The number of ether oxygens (including phenoxy) is 1. The van der Waals surface area contributed by atoms with E-state index in [1.807, 2.05) is 24.0 Å². The van der Waals surface area contributed by atoms with Crippen molar-refractivity contribution in [3.63, 3.8) is 0 Å². The largest absolute Gasteiger partial charge is 0.380 e. The molecule has 0 aliphatic carbocycles. The molecule has 3 heterocycles. The van der Waals surface area contributed by atoms with Gasteiger partial charge in [0.1, 0.15) is 0 Å². The summed E-state index contributed by atoms with van der Waals surface area (Å²) in [5, 5.41) is 7.86. The molecule has 2 aliphatic rings. The SMILES string of the molecule is Cn1cc(CN2CC[C@@]3(C[C@@H](Nc4ccccc4)CO3)C2)cn1. The van der Waals surface area contributed by atoms with E-state index < -0.39 is 0 Å². The van der Waals surface area contributed by atoms with Gasteiger partial charge in [0.2, 0.25) is 0 Å². The summed E-state index contributed by atoms with van der Waals surface area (Å²) in [7, 11) is 1.97. The number of anilines is 1. The van der Waals surface area contributed by atoms with E-state index in [2.05, 4.69) is 45.8 Å². The zero-order valence-electron chi connectivity index (χ0n) is 13.6. The fraction of sp³-hybridized carbons (Fsp3) is 0.500. The van der Waals surface area contributed by atoms with Crippen LogP contribution in [0.15, 0.2) is 42.7 Å². The molecule has 5 heteroatoms. The Morgan fingerprint density at radius 2 is 2.22 bits per heavy atom. The van der Waals surface area contributed by atoms with E-state index in [9.17, 15) is 0 Å². The lowest BCUT2D eigenvalue weighted by atomic mass is 9.97. The lowest BCUT2D eigenvalue weighted by molar-refractivity contribution is 0.0120. The second kappa shape index (κ2) is 5.98.